The highest BCUT2D eigenvalue weighted by Gasteiger charge is 2.10. The number of esters is 1. The van der Waals surface area contributed by atoms with Gasteiger partial charge >= 0.3 is 5.97 Å². The SMILES string of the molecule is C=CCOC(=O)[C@@H](N)CC. The van der Waals surface area contributed by atoms with E-state index in [0.717, 1.165) is 0 Å². The first-order valence-corrected chi connectivity index (χ1v) is 3.25. The summed E-state index contributed by atoms with van der Waals surface area (Å²) in [6, 6.07) is -0.486. The number of carbonyl (C=O) groups is 1. The van der Waals surface area contributed by atoms with Crippen molar-refractivity contribution in [3.63, 3.8) is 0 Å². The average molecular weight is 143 g/mol. The molecule has 10 heavy (non-hydrogen) atoms. The lowest BCUT2D eigenvalue weighted by molar-refractivity contribution is -0.144. The molecule has 3 nitrogen and oxygen atoms in total. The first kappa shape index (κ1) is 9.17. The van der Waals surface area contributed by atoms with Gasteiger partial charge < -0.3 is 10.5 Å². The lowest BCUT2D eigenvalue weighted by atomic mass is 10.2. The van der Waals surface area contributed by atoms with E-state index in [1.54, 1.807) is 0 Å². The van der Waals surface area contributed by atoms with Gasteiger partial charge in [-0.3, -0.25) is 4.79 Å². The predicted octanol–water partition coefficient (Wildman–Crippen LogP) is 0.453. The van der Waals surface area contributed by atoms with Gasteiger partial charge in [0.1, 0.15) is 12.6 Å². The molecule has 0 amide bonds. The third-order valence-corrected chi connectivity index (χ3v) is 1.09. The maximum absolute atomic E-state index is 10.7. The molecule has 0 bridgehead atoms. The molecular weight excluding hydrogens is 130 g/mol. The molecule has 0 spiro atoms. The van der Waals surface area contributed by atoms with Crippen LogP contribution in [0.15, 0.2) is 12.7 Å². The number of carbonyl (C=O) groups excluding carboxylic acids is 1. The van der Waals surface area contributed by atoms with E-state index in [9.17, 15) is 4.79 Å². The monoisotopic (exact) mass is 143 g/mol. The van der Waals surface area contributed by atoms with Crippen molar-refractivity contribution < 1.29 is 9.53 Å². The Balaban J connectivity index is 3.51. The highest BCUT2D eigenvalue weighted by atomic mass is 16.5. The highest BCUT2D eigenvalue weighted by molar-refractivity contribution is 5.75. The molecule has 0 rings (SSSR count). The van der Waals surface area contributed by atoms with Gasteiger partial charge in [-0.2, -0.15) is 0 Å². The van der Waals surface area contributed by atoms with E-state index >= 15 is 0 Å². The summed E-state index contributed by atoms with van der Waals surface area (Å²) in [5.41, 5.74) is 5.35. The van der Waals surface area contributed by atoms with Crippen LogP contribution in [0.2, 0.25) is 0 Å². The third kappa shape index (κ3) is 3.25. The first-order chi connectivity index (χ1) is 4.72. The number of nitrogens with two attached hydrogens (primary N) is 1. The zero-order valence-corrected chi connectivity index (χ0v) is 6.17. The molecule has 2 N–H and O–H groups in total. The van der Waals surface area contributed by atoms with Crippen molar-refractivity contribution >= 4 is 5.97 Å². The average Bonchev–Trinajstić information content (AvgIpc) is 1.98. The molecule has 58 valence electrons. The van der Waals surface area contributed by atoms with Crippen molar-refractivity contribution in [2.24, 2.45) is 5.73 Å². The Morgan fingerprint density at radius 2 is 2.50 bits per heavy atom. The summed E-state index contributed by atoms with van der Waals surface area (Å²) in [6.07, 6.45) is 2.12. The molecule has 0 aromatic heterocycles. The van der Waals surface area contributed by atoms with Crippen LogP contribution in [-0.2, 0) is 9.53 Å². The zero-order valence-electron chi connectivity index (χ0n) is 6.17. The van der Waals surface area contributed by atoms with Gasteiger partial charge in [0.2, 0.25) is 0 Å². The molecule has 1 atom stereocenters. The van der Waals surface area contributed by atoms with Crippen LogP contribution >= 0.6 is 0 Å². The molecule has 0 saturated carbocycles. The highest BCUT2D eigenvalue weighted by Crippen LogP contribution is 1.89. The van der Waals surface area contributed by atoms with Crippen LogP contribution in [0.5, 0.6) is 0 Å². The summed E-state index contributed by atoms with van der Waals surface area (Å²) >= 11 is 0. The van der Waals surface area contributed by atoms with E-state index in [1.807, 2.05) is 6.92 Å². The Kier molecular flexibility index (Phi) is 4.58. The molecule has 0 aliphatic rings. The Hall–Kier alpha value is -0.830. The second kappa shape index (κ2) is 4.99. The predicted molar refractivity (Wildman–Crippen MR) is 39.4 cm³/mol. The Morgan fingerprint density at radius 3 is 2.90 bits per heavy atom. The lowest BCUT2D eigenvalue weighted by Crippen LogP contribution is -2.31. The van der Waals surface area contributed by atoms with Crippen molar-refractivity contribution in [2.75, 3.05) is 6.61 Å². The first-order valence-electron chi connectivity index (χ1n) is 3.25. The summed E-state index contributed by atoms with van der Waals surface area (Å²) in [7, 11) is 0. The van der Waals surface area contributed by atoms with Crippen LogP contribution in [-0.4, -0.2) is 18.6 Å². The Morgan fingerprint density at radius 1 is 1.90 bits per heavy atom. The van der Waals surface area contributed by atoms with Gasteiger partial charge in [0, 0.05) is 0 Å². The molecule has 0 aliphatic carbocycles. The number of ether oxygens (including phenoxy) is 1. The summed E-state index contributed by atoms with van der Waals surface area (Å²) in [5, 5.41) is 0. The van der Waals surface area contributed by atoms with Gasteiger partial charge in [-0.25, -0.2) is 0 Å². The second-order valence-electron chi connectivity index (χ2n) is 1.93. The standard InChI is InChI=1S/C7H13NO2/c1-3-5-10-7(9)6(8)4-2/h3,6H,1,4-5,8H2,2H3/t6-/m0/s1. The maximum atomic E-state index is 10.7. The van der Waals surface area contributed by atoms with Crippen LogP contribution in [0.3, 0.4) is 0 Å². The van der Waals surface area contributed by atoms with Crippen molar-refractivity contribution in [1.29, 1.82) is 0 Å². The minimum absolute atomic E-state index is 0.243. The normalized spacial score (nSPS) is 12.2. The second-order valence-corrected chi connectivity index (χ2v) is 1.93. The molecule has 0 heterocycles. The van der Waals surface area contributed by atoms with Crippen LogP contribution in [0.1, 0.15) is 13.3 Å². The third-order valence-electron chi connectivity index (χ3n) is 1.09. The van der Waals surface area contributed by atoms with Crippen LogP contribution in [0, 0.1) is 0 Å². The maximum Gasteiger partial charge on any atom is 0.323 e. The van der Waals surface area contributed by atoms with Crippen LogP contribution in [0.25, 0.3) is 0 Å². The molecule has 3 heteroatoms. The fraction of sp³-hybridized carbons (Fsp3) is 0.571. The van der Waals surface area contributed by atoms with Gasteiger partial charge in [-0.15, -0.1) is 0 Å². The summed E-state index contributed by atoms with van der Waals surface area (Å²) in [6.45, 7) is 5.48. The molecule has 0 aliphatic heterocycles. The molecule has 0 radical (unpaired) electrons. The molecule has 0 aromatic carbocycles. The van der Waals surface area contributed by atoms with Crippen molar-refractivity contribution in [1.82, 2.24) is 0 Å². The van der Waals surface area contributed by atoms with Crippen molar-refractivity contribution in [3.8, 4) is 0 Å². The number of hydrogen-bond acceptors (Lipinski definition) is 3. The van der Waals surface area contributed by atoms with Crippen LogP contribution < -0.4 is 5.73 Å². The van der Waals surface area contributed by atoms with E-state index < -0.39 is 6.04 Å². The van der Waals surface area contributed by atoms with Gasteiger partial charge in [0.15, 0.2) is 0 Å². The quantitative estimate of drug-likeness (QED) is 0.459. The topological polar surface area (TPSA) is 52.3 Å². The van der Waals surface area contributed by atoms with Gasteiger partial charge in [0.05, 0.1) is 0 Å². The van der Waals surface area contributed by atoms with Gasteiger partial charge in [-0.05, 0) is 6.42 Å². The van der Waals surface area contributed by atoms with Gasteiger partial charge in [-0.1, -0.05) is 19.6 Å². The van der Waals surface area contributed by atoms with E-state index in [1.165, 1.54) is 6.08 Å². The van der Waals surface area contributed by atoms with Crippen LogP contribution in [0.4, 0.5) is 0 Å². The van der Waals surface area contributed by atoms with E-state index in [0.29, 0.717) is 6.42 Å². The Labute approximate surface area is 60.9 Å². The van der Waals surface area contributed by atoms with Crippen molar-refractivity contribution in [2.45, 2.75) is 19.4 Å². The fourth-order valence-corrected chi connectivity index (χ4v) is 0.415. The molecule has 0 unspecified atom stereocenters. The van der Waals surface area contributed by atoms with Crippen molar-refractivity contribution in [3.05, 3.63) is 12.7 Å². The van der Waals surface area contributed by atoms with Gasteiger partial charge in [0.25, 0.3) is 0 Å². The molecule has 0 fully saturated rings. The van der Waals surface area contributed by atoms with E-state index in [2.05, 4.69) is 11.3 Å². The molecular formula is C7H13NO2. The van der Waals surface area contributed by atoms with E-state index in [4.69, 9.17) is 5.73 Å². The Bertz CT molecular complexity index is 123. The minimum Gasteiger partial charge on any atom is -0.460 e. The molecule has 0 saturated heterocycles. The number of hydrogen-bond donors (Lipinski definition) is 1. The summed E-state index contributed by atoms with van der Waals surface area (Å²) < 4.78 is 4.66. The van der Waals surface area contributed by atoms with E-state index in [-0.39, 0.29) is 12.6 Å². The zero-order chi connectivity index (χ0) is 7.98. The largest absolute Gasteiger partial charge is 0.460 e. The molecule has 0 aromatic rings. The minimum atomic E-state index is -0.486. The lowest BCUT2D eigenvalue weighted by Gasteiger charge is -2.06. The fourth-order valence-electron chi connectivity index (χ4n) is 0.415. The summed E-state index contributed by atoms with van der Waals surface area (Å²) in [4.78, 5) is 10.7. The number of rotatable bonds is 4. The smallest absolute Gasteiger partial charge is 0.323 e. The summed E-state index contributed by atoms with van der Waals surface area (Å²) in [5.74, 6) is -0.359.